The van der Waals surface area contributed by atoms with E-state index in [4.69, 9.17) is 11.6 Å². The van der Waals surface area contributed by atoms with E-state index in [0.717, 1.165) is 6.07 Å². The maximum Gasteiger partial charge on any atom is 0.232 e. The Bertz CT molecular complexity index is 473. The van der Waals surface area contributed by atoms with E-state index in [1.807, 2.05) is 0 Å². The zero-order chi connectivity index (χ0) is 11.6. The first-order valence-electron chi connectivity index (χ1n) is 4.32. The van der Waals surface area contributed by atoms with Crippen LogP contribution in [0.15, 0.2) is 12.1 Å². The highest BCUT2D eigenvalue weighted by atomic mass is 35.5. The fourth-order valence-electron chi connectivity index (χ4n) is 0.975. The fraction of sp³-hybridized carbons (Fsp3) is 0.333. The van der Waals surface area contributed by atoms with Crippen molar-refractivity contribution in [3.05, 3.63) is 28.5 Å². The summed E-state index contributed by atoms with van der Waals surface area (Å²) in [5.41, 5.74) is 0.547. The molecule has 0 radical (unpaired) electrons. The van der Waals surface area contributed by atoms with Crippen molar-refractivity contribution in [1.82, 2.24) is 0 Å². The summed E-state index contributed by atoms with van der Waals surface area (Å²) in [5.74, 6) is -0.515. The van der Waals surface area contributed by atoms with Crippen LogP contribution in [-0.2, 0) is 10.0 Å². The molecular weight excluding hydrogens is 241 g/mol. The largest absolute Gasteiger partial charge is 0.282 e. The Hall–Kier alpha value is -0.810. The highest BCUT2D eigenvalue weighted by Gasteiger charge is 2.11. The molecule has 0 fully saturated rings. The van der Waals surface area contributed by atoms with Crippen LogP contribution in [0.1, 0.15) is 12.5 Å². The number of hydrogen-bond donors (Lipinski definition) is 1. The lowest BCUT2D eigenvalue weighted by Crippen LogP contribution is -2.15. The van der Waals surface area contributed by atoms with E-state index in [9.17, 15) is 12.8 Å². The fourth-order valence-corrected chi connectivity index (χ4v) is 1.88. The van der Waals surface area contributed by atoms with Crippen LogP contribution < -0.4 is 4.72 Å². The molecule has 0 aliphatic heterocycles. The summed E-state index contributed by atoms with van der Waals surface area (Å²) in [6.45, 7) is 3.04. The number of halogens is 2. The van der Waals surface area contributed by atoms with Crippen molar-refractivity contribution in [3.8, 4) is 0 Å². The minimum Gasteiger partial charge on any atom is -0.282 e. The highest BCUT2D eigenvalue weighted by Crippen LogP contribution is 2.25. The van der Waals surface area contributed by atoms with Gasteiger partial charge in [0.15, 0.2) is 0 Å². The molecule has 0 unspecified atom stereocenters. The van der Waals surface area contributed by atoms with Gasteiger partial charge in [-0.05, 0) is 31.5 Å². The summed E-state index contributed by atoms with van der Waals surface area (Å²) < 4.78 is 37.8. The molecule has 3 nitrogen and oxygen atoms in total. The second kappa shape index (κ2) is 4.37. The molecule has 0 spiro atoms. The second-order valence-electron chi connectivity index (χ2n) is 3.09. The lowest BCUT2D eigenvalue weighted by atomic mass is 10.2. The van der Waals surface area contributed by atoms with Crippen LogP contribution in [0, 0.1) is 12.7 Å². The van der Waals surface area contributed by atoms with Gasteiger partial charge >= 0.3 is 0 Å². The van der Waals surface area contributed by atoms with Crippen LogP contribution in [0.3, 0.4) is 0 Å². The van der Waals surface area contributed by atoms with Gasteiger partial charge in [0.2, 0.25) is 10.0 Å². The van der Waals surface area contributed by atoms with Gasteiger partial charge in [-0.15, -0.1) is 0 Å². The number of nitrogens with one attached hydrogen (secondary N) is 1. The number of sulfonamides is 1. The quantitative estimate of drug-likeness (QED) is 0.897. The first-order chi connectivity index (χ1) is 6.85. The Balaban J connectivity index is 3.12. The standard InChI is InChI=1S/C9H11ClFNO2S/c1-3-15(13,14)12-9-4-6(2)8(11)5-7(9)10/h4-5,12H,3H2,1-2H3. The molecule has 0 aliphatic carbocycles. The van der Waals surface area contributed by atoms with E-state index in [0.29, 0.717) is 5.56 Å². The van der Waals surface area contributed by atoms with Crippen LogP contribution in [0.4, 0.5) is 10.1 Å². The molecule has 0 saturated heterocycles. The molecule has 1 aromatic rings. The Morgan fingerprint density at radius 1 is 1.47 bits per heavy atom. The maximum atomic E-state index is 13.0. The van der Waals surface area contributed by atoms with E-state index in [-0.39, 0.29) is 16.5 Å². The van der Waals surface area contributed by atoms with Crippen molar-refractivity contribution in [2.45, 2.75) is 13.8 Å². The van der Waals surface area contributed by atoms with Gasteiger partial charge in [-0.25, -0.2) is 12.8 Å². The van der Waals surface area contributed by atoms with Crippen molar-refractivity contribution in [3.63, 3.8) is 0 Å². The molecule has 0 atom stereocenters. The van der Waals surface area contributed by atoms with Crippen LogP contribution in [0.2, 0.25) is 5.02 Å². The third kappa shape index (κ3) is 3.07. The zero-order valence-electron chi connectivity index (χ0n) is 8.34. The van der Waals surface area contributed by atoms with Gasteiger partial charge in [-0.3, -0.25) is 4.72 Å². The summed E-state index contributed by atoms with van der Waals surface area (Å²) in [6.07, 6.45) is 0. The van der Waals surface area contributed by atoms with E-state index in [1.54, 1.807) is 0 Å². The van der Waals surface area contributed by atoms with Crippen LogP contribution in [0.5, 0.6) is 0 Å². The van der Waals surface area contributed by atoms with Crippen molar-refractivity contribution in [2.24, 2.45) is 0 Å². The van der Waals surface area contributed by atoms with E-state index in [1.165, 1.54) is 19.9 Å². The first-order valence-corrected chi connectivity index (χ1v) is 6.35. The molecule has 1 aromatic carbocycles. The maximum absolute atomic E-state index is 13.0. The summed E-state index contributed by atoms with van der Waals surface area (Å²) in [4.78, 5) is 0. The van der Waals surface area contributed by atoms with Crippen molar-refractivity contribution in [2.75, 3.05) is 10.5 Å². The van der Waals surface area contributed by atoms with E-state index >= 15 is 0 Å². The van der Waals surface area contributed by atoms with Crippen molar-refractivity contribution >= 4 is 27.3 Å². The van der Waals surface area contributed by atoms with Gasteiger partial charge in [0.05, 0.1) is 16.5 Å². The third-order valence-corrected chi connectivity index (χ3v) is 3.50. The van der Waals surface area contributed by atoms with Crippen molar-refractivity contribution < 1.29 is 12.8 Å². The summed E-state index contributed by atoms with van der Waals surface area (Å²) in [5, 5.41) is 0.0510. The number of anilines is 1. The predicted octanol–water partition coefficient (Wildman–Crippen LogP) is 2.55. The molecule has 1 rings (SSSR count). The molecule has 0 amide bonds. The molecule has 0 saturated carbocycles. The van der Waals surface area contributed by atoms with Gasteiger partial charge < -0.3 is 0 Å². The average Bonchev–Trinajstić information content (AvgIpc) is 2.14. The second-order valence-corrected chi connectivity index (χ2v) is 5.50. The van der Waals surface area contributed by atoms with Gasteiger partial charge in [-0.1, -0.05) is 11.6 Å². The van der Waals surface area contributed by atoms with E-state index in [2.05, 4.69) is 4.72 Å². The van der Waals surface area contributed by atoms with Crippen LogP contribution in [0.25, 0.3) is 0 Å². The number of hydrogen-bond acceptors (Lipinski definition) is 2. The molecule has 0 aromatic heterocycles. The molecule has 1 N–H and O–H groups in total. The van der Waals surface area contributed by atoms with Gasteiger partial charge in [0.25, 0.3) is 0 Å². The van der Waals surface area contributed by atoms with Crippen LogP contribution >= 0.6 is 11.6 Å². The minimum atomic E-state index is -3.38. The van der Waals surface area contributed by atoms with Gasteiger partial charge in [-0.2, -0.15) is 0 Å². The lowest BCUT2D eigenvalue weighted by Gasteiger charge is -2.09. The molecular formula is C9H11ClFNO2S. The number of benzene rings is 1. The normalized spacial score (nSPS) is 11.5. The Labute approximate surface area is 93.3 Å². The summed E-state index contributed by atoms with van der Waals surface area (Å²) in [6, 6.07) is 2.45. The topological polar surface area (TPSA) is 46.2 Å². The van der Waals surface area contributed by atoms with Crippen LogP contribution in [-0.4, -0.2) is 14.2 Å². The summed E-state index contributed by atoms with van der Waals surface area (Å²) in [7, 11) is -3.38. The molecule has 84 valence electrons. The smallest absolute Gasteiger partial charge is 0.232 e. The van der Waals surface area contributed by atoms with E-state index < -0.39 is 15.8 Å². The molecule has 6 heteroatoms. The average molecular weight is 252 g/mol. The molecule has 15 heavy (non-hydrogen) atoms. The van der Waals surface area contributed by atoms with Gasteiger partial charge in [0.1, 0.15) is 5.82 Å². The monoisotopic (exact) mass is 251 g/mol. The number of aryl methyl sites for hydroxylation is 1. The molecule has 0 heterocycles. The molecule has 0 bridgehead atoms. The molecule has 0 aliphatic rings. The Morgan fingerprint density at radius 3 is 2.60 bits per heavy atom. The Morgan fingerprint density at radius 2 is 2.07 bits per heavy atom. The summed E-state index contributed by atoms with van der Waals surface area (Å²) >= 11 is 5.70. The lowest BCUT2D eigenvalue weighted by molar-refractivity contribution is 0.602. The minimum absolute atomic E-state index is 0.0510. The predicted molar refractivity (Wildman–Crippen MR) is 59.2 cm³/mol. The van der Waals surface area contributed by atoms with Gasteiger partial charge in [0, 0.05) is 0 Å². The third-order valence-electron chi connectivity index (χ3n) is 1.89. The van der Waals surface area contributed by atoms with Crippen molar-refractivity contribution in [1.29, 1.82) is 0 Å². The Kier molecular flexibility index (Phi) is 3.57. The zero-order valence-corrected chi connectivity index (χ0v) is 9.91. The SMILES string of the molecule is CCS(=O)(=O)Nc1cc(C)c(F)cc1Cl. The highest BCUT2D eigenvalue weighted by molar-refractivity contribution is 7.92. The number of rotatable bonds is 3. The first kappa shape index (κ1) is 12.3.